The van der Waals surface area contributed by atoms with Crippen molar-refractivity contribution >= 4 is 0 Å². The first-order valence-corrected chi connectivity index (χ1v) is 7.92. The standard InChI is InChI=1S/C16H24NO2.Y/c18-16-11-15(19-17-16)14-8-6-13(7-9-14)10-12-4-2-1-3-5-12;/h12-14H,1-10H2,(H,17,18);/q-1;. The van der Waals surface area contributed by atoms with Gasteiger partial charge in [-0.2, -0.15) is 0 Å². The third-order valence-electron chi connectivity index (χ3n) is 5.10. The summed E-state index contributed by atoms with van der Waals surface area (Å²) in [6, 6.07) is 2.76. The molecule has 1 aromatic rings. The molecular weight excluding hydrogens is 327 g/mol. The maximum Gasteiger partial charge on any atom is 0.102 e. The number of H-pyrrole nitrogens is 1. The van der Waals surface area contributed by atoms with Gasteiger partial charge in [0.25, 0.3) is 0 Å². The van der Waals surface area contributed by atoms with E-state index in [2.05, 4.69) is 11.2 Å². The average Bonchev–Trinajstić information content (AvgIpc) is 2.87. The van der Waals surface area contributed by atoms with Crippen LogP contribution in [-0.2, 0) is 32.7 Å². The molecule has 0 saturated heterocycles. The Hall–Kier alpha value is 0.114. The van der Waals surface area contributed by atoms with Crippen LogP contribution in [0.5, 0.6) is 0 Å². The Balaban J connectivity index is 0.00000147. The molecule has 1 heterocycles. The Morgan fingerprint density at radius 2 is 1.65 bits per heavy atom. The van der Waals surface area contributed by atoms with Gasteiger partial charge in [-0.25, -0.2) is 5.16 Å². The molecule has 0 aliphatic heterocycles. The number of hydrogen-bond donors (Lipinski definition) is 1. The summed E-state index contributed by atoms with van der Waals surface area (Å²) >= 11 is 0. The van der Waals surface area contributed by atoms with Crippen molar-refractivity contribution in [2.75, 3.05) is 0 Å². The number of rotatable bonds is 3. The average molecular weight is 351 g/mol. The SMILES string of the molecule is O=c1[c-]c(C2CCC(CC3CCCCC3)CC2)o[nH]1.[Y]. The zero-order valence-electron chi connectivity index (χ0n) is 12.2. The molecule has 0 bridgehead atoms. The van der Waals surface area contributed by atoms with Crippen molar-refractivity contribution in [1.82, 2.24) is 5.16 Å². The molecule has 2 fully saturated rings. The summed E-state index contributed by atoms with van der Waals surface area (Å²) in [5, 5.41) is 2.36. The molecule has 0 amide bonds. The smallest absolute Gasteiger partial charge is 0.102 e. The van der Waals surface area contributed by atoms with Crippen LogP contribution >= 0.6 is 0 Å². The first kappa shape index (κ1) is 16.5. The Morgan fingerprint density at radius 1 is 1.00 bits per heavy atom. The van der Waals surface area contributed by atoms with E-state index < -0.39 is 0 Å². The van der Waals surface area contributed by atoms with Gasteiger partial charge in [0.1, 0.15) is 5.56 Å². The molecule has 1 aromatic heterocycles. The molecule has 1 N–H and O–H groups in total. The van der Waals surface area contributed by atoms with Crippen LogP contribution < -0.4 is 5.56 Å². The predicted molar refractivity (Wildman–Crippen MR) is 74.1 cm³/mol. The van der Waals surface area contributed by atoms with E-state index in [0.29, 0.717) is 5.92 Å². The zero-order valence-corrected chi connectivity index (χ0v) is 15.0. The molecule has 2 saturated carbocycles. The van der Waals surface area contributed by atoms with Crippen LogP contribution in [0.3, 0.4) is 0 Å². The number of aromatic amines is 1. The van der Waals surface area contributed by atoms with Crippen molar-refractivity contribution in [2.24, 2.45) is 11.8 Å². The van der Waals surface area contributed by atoms with E-state index in [1.165, 1.54) is 51.4 Å². The van der Waals surface area contributed by atoms with Gasteiger partial charge in [-0.3, -0.25) is 0 Å². The summed E-state index contributed by atoms with van der Waals surface area (Å²) in [6.07, 6.45) is 13.6. The van der Waals surface area contributed by atoms with Gasteiger partial charge in [0, 0.05) is 32.7 Å². The first-order chi connectivity index (χ1) is 9.31. The molecule has 0 spiro atoms. The first-order valence-electron chi connectivity index (χ1n) is 7.92. The molecule has 109 valence electrons. The topological polar surface area (TPSA) is 46.0 Å². The summed E-state index contributed by atoms with van der Waals surface area (Å²) in [6.45, 7) is 0. The minimum atomic E-state index is -0.223. The van der Waals surface area contributed by atoms with Crippen LogP contribution in [0.1, 0.15) is 75.9 Å². The van der Waals surface area contributed by atoms with Gasteiger partial charge in [0.15, 0.2) is 0 Å². The van der Waals surface area contributed by atoms with Gasteiger partial charge in [0.05, 0.1) is 0 Å². The molecule has 1 radical (unpaired) electrons. The molecule has 3 nitrogen and oxygen atoms in total. The molecule has 3 rings (SSSR count). The summed E-state index contributed by atoms with van der Waals surface area (Å²) in [5.74, 6) is 3.07. The van der Waals surface area contributed by atoms with E-state index in [1.54, 1.807) is 0 Å². The largest absolute Gasteiger partial charge is 0.424 e. The quantitative estimate of drug-likeness (QED) is 0.837. The van der Waals surface area contributed by atoms with Gasteiger partial charge in [-0.1, -0.05) is 32.1 Å². The second kappa shape index (κ2) is 7.93. The van der Waals surface area contributed by atoms with Gasteiger partial charge >= 0.3 is 0 Å². The molecule has 2 aliphatic rings. The predicted octanol–water partition coefficient (Wildman–Crippen LogP) is 4.01. The van der Waals surface area contributed by atoms with Crippen LogP contribution in [-0.4, -0.2) is 5.16 Å². The molecule has 0 atom stereocenters. The molecule has 0 aromatic carbocycles. The second-order valence-corrected chi connectivity index (χ2v) is 6.48. The van der Waals surface area contributed by atoms with Gasteiger partial charge in [-0.05, 0) is 55.6 Å². The Morgan fingerprint density at radius 3 is 2.25 bits per heavy atom. The van der Waals surface area contributed by atoms with Gasteiger partial charge in [-0.15, -0.1) is 0 Å². The van der Waals surface area contributed by atoms with E-state index in [-0.39, 0.29) is 38.3 Å². The van der Waals surface area contributed by atoms with E-state index >= 15 is 0 Å². The van der Waals surface area contributed by atoms with Crippen molar-refractivity contribution < 1.29 is 37.2 Å². The monoisotopic (exact) mass is 351 g/mol. The third-order valence-corrected chi connectivity index (χ3v) is 5.10. The normalized spacial score (nSPS) is 28.0. The van der Waals surface area contributed by atoms with Crippen molar-refractivity contribution in [3.8, 4) is 0 Å². The number of aromatic nitrogens is 1. The minimum absolute atomic E-state index is 0. The summed E-state index contributed by atoms with van der Waals surface area (Å²) in [4.78, 5) is 11.1. The van der Waals surface area contributed by atoms with E-state index in [0.717, 1.165) is 30.4 Å². The fraction of sp³-hybridized carbons (Fsp3) is 0.812. The Labute approximate surface area is 146 Å². The van der Waals surface area contributed by atoms with Crippen LogP contribution in [0.2, 0.25) is 0 Å². The summed E-state index contributed by atoms with van der Waals surface area (Å²) in [5.41, 5.74) is -0.223. The minimum Gasteiger partial charge on any atom is -0.424 e. The zero-order chi connectivity index (χ0) is 13.1. The van der Waals surface area contributed by atoms with Crippen LogP contribution in [0.4, 0.5) is 0 Å². The van der Waals surface area contributed by atoms with Crippen LogP contribution in [0.25, 0.3) is 0 Å². The second-order valence-electron chi connectivity index (χ2n) is 6.48. The number of nitrogens with one attached hydrogen (secondary N) is 1. The fourth-order valence-corrected chi connectivity index (χ4v) is 4.00. The number of hydrogen-bond acceptors (Lipinski definition) is 2. The van der Waals surface area contributed by atoms with Crippen LogP contribution in [0, 0.1) is 17.9 Å². The van der Waals surface area contributed by atoms with Crippen molar-refractivity contribution in [3.05, 3.63) is 22.2 Å². The molecule has 4 heteroatoms. The van der Waals surface area contributed by atoms with Crippen molar-refractivity contribution in [1.29, 1.82) is 0 Å². The molecular formula is C16H24NO2Y-. The van der Waals surface area contributed by atoms with Crippen molar-refractivity contribution in [3.63, 3.8) is 0 Å². The summed E-state index contributed by atoms with van der Waals surface area (Å²) in [7, 11) is 0. The van der Waals surface area contributed by atoms with E-state index in [1.807, 2.05) is 0 Å². The molecule has 20 heavy (non-hydrogen) atoms. The fourth-order valence-electron chi connectivity index (χ4n) is 4.00. The molecule has 0 unspecified atom stereocenters. The van der Waals surface area contributed by atoms with Gasteiger partial charge < -0.3 is 15.4 Å². The Kier molecular flexibility index (Phi) is 6.54. The maximum absolute atomic E-state index is 11.1. The van der Waals surface area contributed by atoms with E-state index in [9.17, 15) is 4.79 Å². The maximum atomic E-state index is 11.1. The Bertz CT molecular complexity index is 439. The molecule has 2 aliphatic carbocycles. The van der Waals surface area contributed by atoms with Crippen molar-refractivity contribution in [2.45, 2.75) is 70.1 Å². The summed E-state index contributed by atoms with van der Waals surface area (Å²) < 4.78 is 5.20. The van der Waals surface area contributed by atoms with Crippen LogP contribution in [0.15, 0.2) is 9.32 Å². The van der Waals surface area contributed by atoms with Gasteiger partial charge in [0.2, 0.25) is 0 Å². The van der Waals surface area contributed by atoms with E-state index in [4.69, 9.17) is 4.52 Å². The third kappa shape index (κ3) is 4.30.